The summed E-state index contributed by atoms with van der Waals surface area (Å²) >= 11 is 0. The van der Waals surface area contributed by atoms with E-state index in [1.165, 1.54) is 19.2 Å². The summed E-state index contributed by atoms with van der Waals surface area (Å²) in [5.74, 6) is -0.434. The number of hydrogen-bond acceptors (Lipinski definition) is 3. The summed E-state index contributed by atoms with van der Waals surface area (Å²) < 4.78 is 41.6. The van der Waals surface area contributed by atoms with Gasteiger partial charge in [0.1, 0.15) is 0 Å². The molecule has 106 valence electrons. The van der Waals surface area contributed by atoms with Gasteiger partial charge < -0.3 is 4.74 Å². The quantitative estimate of drug-likeness (QED) is 0.638. The summed E-state index contributed by atoms with van der Waals surface area (Å²) in [6.07, 6.45) is -4.42. The van der Waals surface area contributed by atoms with Crippen LogP contribution in [0.15, 0.2) is 24.3 Å². The number of nitrogens with one attached hydrogen (secondary N) is 1. The van der Waals surface area contributed by atoms with Crippen LogP contribution >= 0.6 is 0 Å². The lowest BCUT2D eigenvalue weighted by Crippen LogP contribution is -2.26. The second-order valence-electron chi connectivity index (χ2n) is 3.74. The minimum Gasteiger partial charge on any atom is -0.382 e. The molecule has 4 nitrogen and oxygen atoms in total. The molecule has 0 atom stereocenters. The van der Waals surface area contributed by atoms with E-state index in [0.29, 0.717) is 12.2 Å². The second-order valence-corrected chi connectivity index (χ2v) is 3.74. The Labute approximate surface area is 108 Å². The van der Waals surface area contributed by atoms with E-state index in [0.717, 1.165) is 12.1 Å². The monoisotopic (exact) mass is 277 g/mol. The average molecular weight is 277 g/mol. The van der Waals surface area contributed by atoms with E-state index in [1.54, 1.807) is 0 Å². The molecule has 0 aliphatic rings. The van der Waals surface area contributed by atoms with Gasteiger partial charge in [-0.2, -0.15) is 13.2 Å². The third-order valence-corrected chi connectivity index (χ3v) is 2.22. The molecular weight excluding hydrogens is 263 g/mol. The molecule has 1 rings (SSSR count). The highest BCUT2D eigenvalue weighted by molar-refractivity contribution is 5.77. The van der Waals surface area contributed by atoms with E-state index in [4.69, 9.17) is 9.57 Å². The maximum atomic E-state index is 12.3. The van der Waals surface area contributed by atoms with Gasteiger partial charge in [0, 0.05) is 7.11 Å². The van der Waals surface area contributed by atoms with Crippen LogP contribution in [0.1, 0.15) is 11.1 Å². The molecule has 19 heavy (non-hydrogen) atoms. The van der Waals surface area contributed by atoms with Crippen LogP contribution in [0.4, 0.5) is 13.2 Å². The number of carbonyl (C=O) groups excluding carboxylic acids is 1. The van der Waals surface area contributed by atoms with E-state index in [2.05, 4.69) is 5.48 Å². The maximum absolute atomic E-state index is 12.3. The molecule has 0 saturated carbocycles. The summed E-state index contributed by atoms with van der Waals surface area (Å²) in [5.41, 5.74) is 1.90. The Bertz CT molecular complexity index is 404. The number of ether oxygens (including phenoxy) is 1. The van der Waals surface area contributed by atoms with Crippen molar-refractivity contribution in [1.82, 2.24) is 5.48 Å². The first-order valence-corrected chi connectivity index (χ1v) is 5.49. The van der Waals surface area contributed by atoms with Crippen LogP contribution in [0, 0.1) is 0 Å². The van der Waals surface area contributed by atoms with Crippen molar-refractivity contribution in [2.24, 2.45) is 0 Å². The van der Waals surface area contributed by atoms with Crippen molar-refractivity contribution >= 4 is 5.91 Å². The summed E-state index contributed by atoms with van der Waals surface area (Å²) in [4.78, 5) is 16.1. The largest absolute Gasteiger partial charge is 0.416 e. The van der Waals surface area contributed by atoms with Crippen LogP contribution in [0.25, 0.3) is 0 Å². The van der Waals surface area contributed by atoms with Crippen molar-refractivity contribution in [2.45, 2.75) is 12.6 Å². The molecule has 0 saturated heterocycles. The van der Waals surface area contributed by atoms with Crippen molar-refractivity contribution in [3.63, 3.8) is 0 Å². The smallest absolute Gasteiger partial charge is 0.382 e. The van der Waals surface area contributed by atoms with Gasteiger partial charge in [-0.1, -0.05) is 12.1 Å². The minimum atomic E-state index is -4.37. The number of benzene rings is 1. The van der Waals surface area contributed by atoms with Gasteiger partial charge in [-0.05, 0) is 17.7 Å². The Morgan fingerprint density at radius 2 is 1.84 bits per heavy atom. The van der Waals surface area contributed by atoms with Crippen LogP contribution in [-0.4, -0.2) is 26.2 Å². The molecule has 0 spiro atoms. The van der Waals surface area contributed by atoms with Crippen molar-refractivity contribution in [2.75, 3.05) is 20.3 Å². The predicted molar refractivity (Wildman–Crippen MR) is 61.1 cm³/mol. The first-order valence-electron chi connectivity index (χ1n) is 5.49. The van der Waals surface area contributed by atoms with Crippen molar-refractivity contribution in [3.8, 4) is 0 Å². The lowest BCUT2D eigenvalue weighted by Gasteiger charge is -2.08. The fourth-order valence-electron chi connectivity index (χ4n) is 1.29. The number of rotatable bonds is 6. The normalized spacial score (nSPS) is 11.4. The first kappa shape index (κ1) is 15.5. The molecule has 0 unspecified atom stereocenters. The first-order chi connectivity index (χ1) is 8.93. The van der Waals surface area contributed by atoms with Gasteiger partial charge in [0.05, 0.1) is 25.2 Å². The summed E-state index contributed by atoms with van der Waals surface area (Å²) in [6, 6.07) is 4.40. The third kappa shape index (κ3) is 5.71. The summed E-state index contributed by atoms with van der Waals surface area (Å²) in [6.45, 7) is 0.538. The number of hydroxylamine groups is 1. The number of methoxy groups -OCH3 is 1. The Balaban J connectivity index is 2.43. The molecule has 1 N–H and O–H groups in total. The molecule has 1 amide bonds. The van der Waals surface area contributed by atoms with Crippen LogP contribution in [0.2, 0.25) is 0 Å². The van der Waals surface area contributed by atoms with Gasteiger partial charge in [0.15, 0.2) is 0 Å². The number of carbonyl (C=O) groups is 1. The minimum absolute atomic E-state index is 0.0505. The number of alkyl halides is 3. The van der Waals surface area contributed by atoms with Crippen LogP contribution in [-0.2, 0) is 27.0 Å². The van der Waals surface area contributed by atoms with Gasteiger partial charge in [-0.3, -0.25) is 9.63 Å². The topological polar surface area (TPSA) is 47.6 Å². The summed E-state index contributed by atoms with van der Waals surface area (Å²) in [5, 5.41) is 0. The maximum Gasteiger partial charge on any atom is 0.416 e. The van der Waals surface area contributed by atoms with Gasteiger partial charge in [-0.15, -0.1) is 0 Å². The van der Waals surface area contributed by atoms with Gasteiger partial charge >= 0.3 is 6.18 Å². The van der Waals surface area contributed by atoms with E-state index < -0.39 is 17.6 Å². The van der Waals surface area contributed by atoms with Gasteiger partial charge in [-0.25, -0.2) is 5.48 Å². The average Bonchev–Trinajstić information content (AvgIpc) is 2.34. The lowest BCUT2D eigenvalue weighted by atomic mass is 10.1. The second kappa shape index (κ2) is 7.10. The van der Waals surface area contributed by atoms with Crippen molar-refractivity contribution in [1.29, 1.82) is 0 Å². The third-order valence-electron chi connectivity index (χ3n) is 2.22. The molecule has 1 aromatic carbocycles. The number of halogens is 3. The van der Waals surface area contributed by atoms with E-state index >= 15 is 0 Å². The molecule has 0 radical (unpaired) electrons. The SMILES string of the molecule is COCCONC(=O)Cc1ccc(C(F)(F)F)cc1. The highest BCUT2D eigenvalue weighted by Gasteiger charge is 2.29. The Kier molecular flexibility index (Phi) is 5.78. The van der Waals surface area contributed by atoms with E-state index in [9.17, 15) is 18.0 Å². The predicted octanol–water partition coefficient (Wildman–Crippen LogP) is 1.94. The van der Waals surface area contributed by atoms with Gasteiger partial charge in [0.25, 0.3) is 0 Å². The molecule has 0 aliphatic carbocycles. The van der Waals surface area contributed by atoms with Crippen LogP contribution < -0.4 is 5.48 Å². The fourth-order valence-corrected chi connectivity index (χ4v) is 1.29. The highest BCUT2D eigenvalue weighted by Crippen LogP contribution is 2.29. The zero-order valence-electron chi connectivity index (χ0n) is 10.3. The lowest BCUT2D eigenvalue weighted by molar-refractivity contribution is -0.137. The Morgan fingerprint density at radius 3 is 2.37 bits per heavy atom. The fraction of sp³-hybridized carbons (Fsp3) is 0.417. The molecule has 0 heterocycles. The van der Waals surface area contributed by atoms with E-state index in [1.807, 2.05) is 0 Å². The summed E-state index contributed by atoms with van der Waals surface area (Å²) in [7, 11) is 1.49. The number of amides is 1. The Hall–Kier alpha value is -1.60. The zero-order valence-corrected chi connectivity index (χ0v) is 10.3. The molecule has 0 bridgehead atoms. The van der Waals surface area contributed by atoms with Crippen molar-refractivity contribution < 1.29 is 27.5 Å². The van der Waals surface area contributed by atoms with Crippen LogP contribution in [0.3, 0.4) is 0 Å². The molecule has 0 aromatic heterocycles. The molecular formula is C12H14F3NO3. The van der Waals surface area contributed by atoms with Gasteiger partial charge in [0.2, 0.25) is 5.91 Å². The molecule has 0 aliphatic heterocycles. The Morgan fingerprint density at radius 1 is 1.21 bits per heavy atom. The standard InChI is InChI=1S/C12H14F3NO3/c1-18-6-7-19-16-11(17)8-9-2-4-10(5-3-9)12(13,14)15/h2-5H,6-8H2,1H3,(H,16,17). The zero-order chi connectivity index (χ0) is 14.3. The van der Waals surface area contributed by atoms with Crippen LogP contribution in [0.5, 0.6) is 0 Å². The highest BCUT2D eigenvalue weighted by atomic mass is 19.4. The molecule has 1 aromatic rings. The molecule has 0 fully saturated rings. The number of hydrogen-bond donors (Lipinski definition) is 1. The van der Waals surface area contributed by atoms with Crippen molar-refractivity contribution in [3.05, 3.63) is 35.4 Å². The van der Waals surface area contributed by atoms with E-state index in [-0.39, 0.29) is 13.0 Å². The molecule has 7 heteroatoms.